The Bertz CT molecular complexity index is 979. The summed E-state index contributed by atoms with van der Waals surface area (Å²) in [6, 6.07) is 5.93. The summed E-state index contributed by atoms with van der Waals surface area (Å²) in [4.78, 5) is 39.5. The molecule has 3 aliphatic rings. The molecule has 1 aromatic heterocycles. The van der Waals surface area contributed by atoms with Crippen molar-refractivity contribution in [2.75, 3.05) is 39.8 Å². The van der Waals surface area contributed by atoms with Crippen LogP contribution in [0.15, 0.2) is 24.4 Å². The molecule has 226 valence electrons. The highest BCUT2D eigenvalue weighted by Crippen LogP contribution is 2.45. The average molecular weight is 586 g/mol. The molecule has 0 bridgehead atoms. The first-order valence-electron chi connectivity index (χ1n) is 12.5. The van der Waals surface area contributed by atoms with Crippen LogP contribution in [0.1, 0.15) is 31.9 Å². The molecule has 1 amide bonds. The van der Waals surface area contributed by atoms with Crippen molar-refractivity contribution in [3.8, 4) is 0 Å². The lowest BCUT2D eigenvalue weighted by molar-refractivity contribution is -0.193. The van der Waals surface area contributed by atoms with Gasteiger partial charge in [-0.2, -0.15) is 26.3 Å². The minimum absolute atomic E-state index is 0.212. The van der Waals surface area contributed by atoms with Gasteiger partial charge in [-0.1, -0.05) is 13.0 Å². The van der Waals surface area contributed by atoms with Crippen molar-refractivity contribution in [3.05, 3.63) is 30.1 Å². The van der Waals surface area contributed by atoms with Crippen LogP contribution < -0.4 is 0 Å². The van der Waals surface area contributed by atoms with Gasteiger partial charge in [0.2, 0.25) is 5.91 Å². The lowest BCUT2D eigenvalue weighted by Crippen LogP contribution is -2.43. The summed E-state index contributed by atoms with van der Waals surface area (Å²) in [5.41, 5.74) is 1.19. The van der Waals surface area contributed by atoms with Gasteiger partial charge in [0.1, 0.15) is 0 Å². The van der Waals surface area contributed by atoms with Gasteiger partial charge in [-0.25, -0.2) is 9.59 Å². The molecule has 3 heterocycles. The number of rotatable bonds is 5. The quantitative estimate of drug-likeness (QED) is 0.503. The number of hydrogen-bond acceptors (Lipinski definition) is 6. The van der Waals surface area contributed by atoms with Crippen molar-refractivity contribution >= 4 is 17.8 Å². The molecule has 0 aromatic carbocycles. The van der Waals surface area contributed by atoms with E-state index < -0.39 is 24.3 Å². The number of halogens is 6. The summed E-state index contributed by atoms with van der Waals surface area (Å²) in [7, 11) is 2.19. The van der Waals surface area contributed by atoms with Crippen LogP contribution in [-0.4, -0.2) is 95.0 Å². The highest BCUT2D eigenvalue weighted by atomic mass is 19.4. The van der Waals surface area contributed by atoms with Gasteiger partial charge in [0.15, 0.2) is 0 Å². The minimum Gasteiger partial charge on any atom is -0.475 e. The van der Waals surface area contributed by atoms with Crippen molar-refractivity contribution in [3.63, 3.8) is 0 Å². The van der Waals surface area contributed by atoms with Gasteiger partial charge in [-0.3, -0.25) is 9.78 Å². The van der Waals surface area contributed by atoms with Crippen molar-refractivity contribution in [1.29, 1.82) is 0 Å². The molecular formula is C25H33F6N3O6. The number of hydrogen-bond donors (Lipinski definition) is 2. The first-order chi connectivity index (χ1) is 18.4. The monoisotopic (exact) mass is 585 g/mol. The van der Waals surface area contributed by atoms with Crippen molar-refractivity contribution in [1.82, 2.24) is 14.8 Å². The van der Waals surface area contributed by atoms with Gasteiger partial charge in [-0.05, 0) is 44.4 Å². The number of amides is 1. The number of likely N-dealkylation sites (tertiary alicyclic amines) is 2. The second-order valence-corrected chi connectivity index (χ2v) is 10.5. The lowest BCUT2D eigenvalue weighted by Gasteiger charge is -2.36. The minimum atomic E-state index is -5.08. The average Bonchev–Trinajstić information content (AvgIpc) is 3.39. The zero-order valence-electron chi connectivity index (χ0n) is 22.0. The van der Waals surface area contributed by atoms with E-state index in [1.54, 1.807) is 0 Å². The zero-order chi connectivity index (χ0) is 30.3. The number of aliphatic carboxylic acids is 2. The van der Waals surface area contributed by atoms with Crippen LogP contribution in [0.25, 0.3) is 0 Å². The topological polar surface area (TPSA) is 120 Å². The molecule has 0 radical (unpaired) electrons. The van der Waals surface area contributed by atoms with E-state index in [2.05, 4.69) is 28.8 Å². The van der Waals surface area contributed by atoms with E-state index in [9.17, 15) is 31.1 Å². The maximum absolute atomic E-state index is 12.8. The predicted molar refractivity (Wildman–Crippen MR) is 128 cm³/mol. The Labute approximate surface area is 227 Å². The molecule has 3 fully saturated rings. The van der Waals surface area contributed by atoms with Gasteiger partial charge in [0, 0.05) is 49.6 Å². The van der Waals surface area contributed by atoms with Crippen LogP contribution in [-0.2, 0) is 25.7 Å². The van der Waals surface area contributed by atoms with E-state index >= 15 is 0 Å². The van der Waals surface area contributed by atoms with Crippen LogP contribution in [0.5, 0.6) is 0 Å². The van der Waals surface area contributed by atoms with Crippen LogP contribution in [0.4, 0.5) is 26.3 Å². The lowest BCUT2D eigenvalue weighted by atomic mass is 9.75. The number of ether oxygens (including phenoxy) is 1. The third kappa shape index (κ3) is 9.61. The Morgan fingerprint density at radius 1 is 1.05 bits per heavy atom. The summed E-state index contributed by atoms with van der Waals surface area (Å²) >= 11 is 0. The Kier molecular flexibility index (Phi) is 11.3. The molecule has 15 heteroatoms. The van der Waals surface area contributed by atoms with E-state index in [1.807, 2.05) is 24.4 Å². The molecule has 9 nitrogen and oxygen atoms in total. The van der Waals surface area contributed by atoms with Crippen LogP contribution in [0.2, 0.25) is 0 Å². The largest absolute Gasteiger partial charge is 0.490 e. The van der Waals surface area contributed by atoms with Gasteiger partial charge in [0.05, 0.1) is 18.9 Å². The first kappa shape index (κ1) is 33.3. The van der Waals surface area contributed by atoms with Gasteiger partial charge in [0.25, 0.3) is 0 Å². The highest BCUT2D eigenvalue weighted by molar-refractivity contribution is 5.80. The molecule has 2 aliphatic heterocycles. The van der Waals surface area contributed by atoms with E-state index in [4.69, 9.17) is 24.5 Å². The zero-order valence-corrected chi connectivity index (χ0v) is 22.0. The maximum atomic E-state index is 12.8. The maximum Gasteiger partial charge on any atom is 0.490 e. The van der Waals surface area contributed by atoms with Crippen molar-refractivity contribution in [2.45, 2.75) is 45.1 Å². The standard InChI is InChI=1S/C21H31N3O2.2C2HF3O2/c1-16-9-17(10-16)20(25)24-8-6-21(15-24)14-23(2)11-18(21)12-26-13-19-5-3-4-7-22-19;2*3-2(4,5)1(6)7/h3-5,7,16-18H,6,8-15H2,1-2H3;2*(H,6,7)/t16?,17?,18-,21+;;/m0../s1. The van der Waals surface area contributed by atoms with Crippen LogP contribution in [0, 0.1) is 23.2 Å². The number of aromatic nitrogens is 1. The van der Waals surface area contributed by atoms with E-state index in [1.165, 1.54) is 0 Å². The normalized spacial score (nSPS) is 26.3. The molecule has 2 atom stereocenters. The third-order valence-corrected chi connectivity index (χ3v) is 7.18. The van der Waals surface area contributed by atoms with Crippen LogP contribution >= 0.6 is 0 Å². The molecular weight excluding hydrogens is 552 g/mol. The summed E-state index contributed by atoms with van der Waals surface area (Å²) in [5.74, 6) is -3.60. The van der Waals surface area contributed by atoms with Gasteiger partial charge in [-0.15, -0.1) is 0 Å². The fourth-order valence-corrected chi connectivity index (χ4v) is 5.23. The highest BCUT2D eigenvalue weighted by Gasteiger charge is 2.51. The summed E-state index contributed by atoms with van der Waals surface area (Å²) in [6.07, 6.45) is -5.08. The predicted octanol–water partition coefficient (Wildman–Crippen LogP) is 3.69. The molecule has 1 aromatic rings. The molecule has 1 spiro atoms. The second kappa shape index (κ2) is 13.6. The first-order valence-corrected chi connectivity index (χ1v) is 12.5. The molecule has 0 unspecified atom stereocenters. The smallest absolute Gasteiger partial charge is 0.475 e. The number of carboxylic acid groups (broad SMARTS) is 2. The fourth-order valence-electron chi connectivity index (χ4n) is 5.23. The number of carbonyl (C=O) groups excluding carboxylic acids is 1. The molecule has 2 saturated heterocycles. The Balaban J connectivity index is 0.000000333. The van der Waals surface area contributed by atoms with Gasteiger partial charge >= 0.3 is 24.3 Å². The molecule has 1 saturated carbocycles. The summed E-state index contributed by atoms with van der Waals surface area (Å²) < 4.78 is 69.5. The van der Waals surface area contributed by atoms with E-state index in [-0.39, 0.29) is 11.3 Å². The van der Waals surface area contributed by atoms with E-state index in [0.29, 0.717) is 18.4 Å². The van der Waals surface area contributed by atoms with Gasteiger partial charge < -0.3 is 24.7 Å². The number of pyridine rings is 1. The van der Waals surface area contributed by atoms with Crippen molar-refractivity contribution in [2.24, 2.45) is 23.2 Å². The Morgan fingerprint density at radius 3 is 2.10 bits per heavy atom. The number of carbonyl (C=O) groups is 3. The molecule has 2 N–H and O–H groups in total. The molecule has 40 heavy (non-hydrogen) atoms. The summed E-state index contributed by atoms with van der Waals surface area (Å²) in [5, 5.41) is 14.2. The number of alkyl halides is 6. The number of nitrogens with zero attached hydrogens (tertiary/aromatic N) is 3. The Hall–Kier alpha value is -2.94. The van der Waals surface area contributed by atoms with E-state index in [0.717, 1.165) is 63.7 Å². The summed E-state index contributed by atoms with van der Waals surface area (Å²) in [6.45, 7) is 7.55. The number of carboxylic acids is 2. The van der Waals surface area contributed by atoms with Crippen molar-refractivity contribution < 1.29 is 55.7 Å². The SMILES string of the molecule is CC1CC(C(=O)N2CC[C@@]3(CN(C)C[C@H]3COCc3ccccn3)C2)C1.O=C(O)C(F)(F)F.O=C(O)C(F)(F)F. The second-order valence-electron chi connectivity index (χ2n) is 10.5. The molecule has 4 rings (SSSR count). The molecule has 1 aliphatic carbocycles. The van der Waals surface area contributed by atoms with Crippen LogP contribution in [0.3, 0.4) is 0 Å². The fraction of sp³-hybridized carbons (Fsp3) is 0.680. The Morgan fingerprint density at radius 2 is 1.62 bits per heavy atom. The third-order valence-electron chi connectivity index (χ3n) is 7.18.